The molecule has 4 rings (SSSR count). The number of rotatable bonds is 5. The maximum Gasteiger partial charge on any atom is 0.233 e. The molecule has 4 heteroatoms. The molecule has 0 N–H and O–H groups in total. The van der Waals surface area contributed by atoms with E-state index in [0.29, 0.717) is 5.91 Å². The van der Waals surface area contributed by atoms with Crippen LogP contribution in [0.2, 0.25) is 5.02 Å². The molecule has 1 amide bonds. The van der Waals surface area contributed by atoms with E-state index in [-0.39, 0.29) is 5.41 Å². The number of halogens is 1. The minimum Gasteiger partial charge on any atom is -0.339 e. The summed E-state index contributed by atoms with van der Waals surface area (Å²) in [6.45, 7) is 4.42. The summed E-state index contributed by atoms with van der Waals surface area (Å²) >= 11 is 6.00. The maximum atomic E-state index is 13.1. The topological polar surface area (TPSA) is 23.6 Å². The fraction of sp³-hybridized carbons (Fsp3) is 0.348. The van der Waals surface area contributed by atoms with E-state index in [2.05, 4.69) is 46.2 Å². The molecular formula is C23H25ClN2O. The molecule has 3 nitrogen and oxygen atoms in total. The van der Waals surface area contributed by atoms with E-state index in [1.165, 1.54) is 5.56 Å². The van der Waals surface area contributed by atoms with Gasteiger partial charge in [0.2, 0.25) is 5.91 Å². The average Bonchev–Trinajstić information content (AvgIpc) is 3.51. The lowest BCUT2D eigenvalue weighted by Crippen LogP contribution is -2.51. The largest absolute Gasteiger partial charge is 0.339 e. The first-order chi connectivity index (χ1) is 13.2. The lowest BCUT2D eigenvalue weighted by Gasteiger charge is -2.36. The zero-order chi connectivity index (χ0) is 18.7. The molecule has 1 saturated heterocycles. The first-order valence-electron chi connectivity index (χ1n) is 9.67. The highest BCUT2D eigenvalue weighted by molar-refractivity contribution is 6.30. The Kier molecular flexibility index (Phi) is 5.33. The molecule has 1 saturated carbocycles. The van der Waals surface area contributed by atoms with Crippen LogP contribution < -0.4 is 0 Å². The molecule has 2 aliphatic rings. The summed E-state index contributed by atoms with van der Waals surface area (Å²) in [6.07, 6.45) is 6.28. The zero-order valence-corrected chi connectivity index (χ0v) is 16.2. The monoisotopic (exact) mass is 380 g/mol. The van der Waals surface area contributed by atoms with E-state index in [1.54, 1.807) is 0 Å². The van der Waals surface area contributed by atoms with Crippen LogP contribution in [-0.4, -0.2) is 48.4 Å². The van der Waals surface area contributed by atoms with E-state index in [4.69, 9.17) is 11.6 Å². The van der Waals surface area contributed by atoms with Crippen LogP contribution in [0.5, 0.6) is 0 Å². The second-order valence-corrected chi connectivity index (χ2v) is 7.93. The lowest BCUT2D eigenvalue weighted by molar-refractivity contribution is -0.135. The summed E-state index contributed by atoms with van der Waals surface area (Å²) in [4.78, 5) is 17.6. The molecule has 0 radical (unpaired) electrons. The highest BCUT2D eigenvalue weighted by Crippen LogP contribution is 2.49. The first-order valence-corrected chi connectivity index (χ1v) is 10.0. The predicted molar refractivity (Wildman–Crippen MR) is 111 cm³/mol. The summed E-state index contributed by atoms with van der Waals surface area (Å²) in [5.41, 5.74) is 2.05. The van der Waals surface area contributed by atoms with Crippen molar-refractivity contribution in [2.45, 2.75) is 18.3 Å². The Morgan fingerprint density at radius 3 is 2.26 bits per heavy atom. The van der Waals surface area contributed by atoms with Gasteiger partial charge in [-0.1, -0.05) is 66.2 Å². The lowest BCUT2D eigenvalue weighted by atomic mass is 9.94. The van der Waals surface area contributed by atoms with Crippen molar-refractivity contribution in [1.29, 1.82) is 0 Å². The SMILES string of the molecule is O=C(N1CCN(C/C=C/c2ccccc2)CC1)C1(c2ccc(Cl)cc2)CC1. The second-order valence-electron chi connectivity index (χ2n) is 7.49. The minimum atomic E-state index is -0.292. The normalized spacial score (nSPS) is 19.4. The number of nitrogens with zero attached hydrogens (tertiary/aromatic N) is 2. The van der Waals surface area contributed by atoms with Gasteiger partial charge in [-0.2, -0.15) is 0 Å². The highest BCUT2D eigenvalue weighted by Gasteiger charge is 2.53. The molecule has 27 heavy (non-hydrogen) atoms. The van der Waals surface area contributed by atoms with Gasteiger partial charge in [0, 0.05) is 37.7 Å². The molecule has 0 bridgehead atoms. The molecule has 0 atom stereocenters. The Morgan fingerprint density at radius 1 is 0.963 bits per heavy atom. The van der Waals surface area contributed by atoms with Gasteiger partial charge in [-0.15, -0.1) is 0 Å². The van der Waals surface area contributed by atoms with Gasteiger partial charge >= 0.3 is 0 Å². The minimum absolute atomic E-state index is 0.292. The highest BCUT2D eigenvalue weighted by atomic mass is 35.5. The van der Waals surface area contributed by atoms with Crippen LogP contribution in [-0.2, 0) is 10.2 Å². The third-order valence-corrected chi connectivity index (χ3v) is 5.94. The molecule has 1 heterocycles. The number of carbonyl (C=O) groups excluding carboxylic acids is 1. The summed E-state index contributed by atoms with van der Waals surface area (Å²) in [6, 6.07) is 18.2. The van der Waals surface area contributed by atoms with Crippen LogP contribution in [0.15, 0.2) is 60.7 Å². The molecular weight excluding hydrogens is 356 g/mol. The molecule has 2 fully saturated rings. The average molecular weight is 381 g/mol. The quantitative estimate of drug-likeness (QED) is 0.775. The molecule has 140 valence electrons. The number of hydrogen-bond acceptors (Lipinski definition) is 2. The van der Waals surface area contributed by atoms with E-state index in [1.807, 2.05) is 30.3 Å². The van der Waals surface area contributed by atoms with Gasteiger partial charge in [0.1, 0.15) is 0 Å². The van der Waals surface area contributed by atoms with E-state index in [0.717, 1.165) is 56.2 Å². The van der Waals surface area contributed by atoms with Crippen molar-refractivity contribution in [3.8, 4) is 0 Å². The van der Waals surface area contributed by atoms with E-state index >= 15 is 0 Å². The maximum absolute atomic E-state index is 13.1. The van der Waals surface area contributed by atoms with Gasteiger partial charge < -0.3 is 4.90 Å². The van der Waals surface area contributed by atoms with Gasteiger partial charge in [0.05, 0.1) is 5.41 Å². The van der Waals surface area contributed by atoms with Crippen LogP contribution in [0.4, 0.5) is 0 Å². The Bertz CT molecular complexity index is 804. The first kappa shape index (κ1) is 18.3. The molecule has 0 aromatic heterocycles. The molecule has 2 aromatic carbocycles. The van der Waals surface area contributed by atoms with Crippen LogP contribution in [0, 0.1) is 0 Å². The Labute approximate surface area is 166 Å². The van der Waals surface area contributed by atoms with Crippen LogP contribution in [0.25, 0.3) is 6.08 Å². The number of piperazine rings is 1. The predicted octanol–water partition coefficient (Wildman–Crippen LogP) is 4.23. The third-order valence-electron chi connectivity index (χ3n) is 5.69. The van der Waals surface area contributed by atoms with Crippen LogP contribution in [0.3, 0.4) is 0 Å². The second kappa shape index (κ2) is 7.87. The van der Waals surface area contributed by atoms with Crippen molar-refractivity contribution < 1.29 is 4.79 Å². The number of benzene rings is 2. The Hall–Kier alpha value is -2.10. The van der Waals surface area contributed by atoms with Gasteiger partial charge in [-0.05, 0) is 36.1 Å². The van der Waals surface area contributed by atoms with Crippen molar-refractivity contribution in [2.75, 3.05) is 32.7 Å². The van der Waals surface area contributed by atoms with Gasteiger partial charge in [-0.3, -0.25) is 9.69 Å². The van der Waals surface area contributed by atoms with Gasteiger partial charge in [0.15, 0.2) is 0 Å². The Balaban J connectivity index is 1.31. The smallest absolute Gasteiger partial charge is 0.233 e. The van der Waals surface area contributed by atoms with Gasteiger partial charge in [0.25, 0.3) is 0 Å². The summed E-state index contributed by atoms with van der Waals surface area (Å²) in [5, 5.41) is 0.721. The molecule has 2 aromatic rings. The number of amides is 1. The van der Waals surface area contributed by atoms with Crippen molar-refractivity contribution in [3.63, 3.8) is 0 Å². The molecule has 0 spiro atoms. The van der Waals surface area contributed by atoms with Crippen molar-refractivity contribution in [1.82, 2.24) is 9.80 Å². The standard InChI is InChI=1S/C23H25ClN2O/c24-21-10-8-20(9-11-21)23(12-13-23)22(27)26-17-15-25(16-18-26)14-4-7-19-5-2-1-3-6-19/h1-11H,12-18H2/b7-4+. The van der Waals surface area contributed by atoms with Gasteiger partial charge in [-0.25, -0.2) is 0 Å². The number of hydrogen-bond donors (Lipinski definition) is 0. The fourth-order valence-corrected chi connectivity index (χ4v) is 3.98. The number of carbonyl (C=O) groups is 1. The van der Waals surface area contributed by atoms with Crippen molar-refractivity contribution >= 4 is 23.6 Å². The zero-order valence-electron chi connectivity index (χ0n) is 15.5. The summed E-state index contributed by atoms with van der Waals surface area (Å²) in [5.74, 6) is 0.296. The summed E-state index contributed by atoms with van der Waals surface area (Å²) in [7, 11) is 0. The molecule has 1 aliphatic heterocycles. The van der Waals surface area contributed by atoms with E-state index in [9.17, 15) is 4.79 Å². The third kappa shape index (κ3) is 4.10. The fourth-order valence-electron chi connectivity index (χ4n) is 3.86. The van der Waals surface area contributed by atoms with Crippen molar-refractivity contribution in [2.24, 2.45) is 0 Å². The molecule has 0 unspecified atom stereocenters. The molecule has 1 aliphatic carbocycles. The Morgan fingerprint density at radius 2 is 1.63 bits per heavy atom. The van der Waals surface area contributed by atoms with Crippen molar-refractivity contribution in [3.05, 3.63) is 76.8 Å². The van der Waals surface area contributed by atoms with Crippen LogP contribution >= 0.6 is 11.6 Å². The van der Waals surface area contributed by atoms with E-state index < -0.39 is 0 Å². The van der Waals surface area contributed by atoms with Crippen LogP contribution in [0.1, 0.15) is 24.0 Å². The summed E-state index contributed by atoms with van der Waals surface area (Å²) < 4.78 is 0.